The molecule has 2 nitrogen and oxygen atoms in total. The molecule has 2 heteroatoms. The lowest BCUT2D eigenvalue weighted by molar-refractivity contribution is 0.660. The normalized spacial score (nSPS) is 15.1. The molecule has 2 aliphatic rings. The smallest absolute Gasteiger partial charge is 0.136 e. The van der Waals surface area contributed by atoms with E-state index in [-0.39, 0.29) is 10.8 Å². The van der Waals surface area contributed by atoms with E-state index >= 15 is 0 Å². The third-order valence-electron chi connectivity index (χ3n) is 12.0. The van der Waals surface area contributed by atoms with Gasteiger partial charge >= 0.3 is 0 Å². The highest BCUT2D eigenvalue weighted by atomic mass is 16.3. The van der Waals surface area contributed by atoms with E-state index in [9.17, 15) is 0 Å². The van der Waals surface area contributed by atoms with Crippen LogP contribution in [0.5, 0.6) is 0 Å². The predicted molar refractivity (Wildman–Crippen MR) is 210 cm³/mol. The lowest BCUT2D eigenvalue weighted by Gasteiger charge is -2.31. The number of furan rings is 1. The maximum absolute atomic E-state index is 6.45. The highest BCUT2D eigenvalue weighted by Crippen LogP contribution is 2.54. The van der Waals surface area contributed by atoms with Crippen molar-refractivity contribution in [2.24, 2.45) is 0 Å². The first-order valence-corrected chi connectivity index (χ1v) is 17.7. The van der Waals surface area contributed by atoms with E-state index in [2.05, 4.69) is 172 Å². The Morgan fingerprint density at radius 2 is 0.860 bits per heavy atom. The lowest BCUT2D eigenvalue weighted by Crippen LogP contribution is -2.18. The Balaban J connectivity index is 1.23. The molecule has 8 aromatic carbocycles. The largest absolute Gasteiger partial charge is 0.456 e. The lowest BCUT2D eigenvalue weighted by atomic mass is 9.82. The van der Waals surface area contributed by atoms with E-state index in [4.69, 9.17) is 4.42 Å². The highest BCUT2D eigenvalue weighted by molar-refractivity contribution is 6.35. The molecule has 1 heterocycles. The van der Waals surface area contributed by atoms with Crippen LogP contribution in [0, 0.1) is 0 Å². The average Bonchev–Trinajstić information content (AvgIpc) is 3.72. The summed E-state index contributed by atoms with van der Waals surface area (Å²) >= 11 is 0. The van der Waals surface area contributed by atoms with Gasteiger partial charge in [0.2, 0.25) is 0 Å². The molecular formula is C48H35NO. The van der Waals surface area contributed by atoms with Gasteiger partial charge in [0.05, 0.1) is 5.69 Å². The third-order valence-corrected chi connectivity index (χ3v) is 12.0. The summed E-state index contributed by atoms with van der Waals surface area (Å²) in [5, 5.41) is 7.34. The second kappa shape index (κ2) is 9.43. The van der Waals surface area contributed by atoms with Gasteiger partial charge < -0.3 is 9.32 Å². The van der Waals surface area contributed by atoms with Crippen molar-refractivity contribution in [2.75, 3.05) is 4.90 Å². The molecule has 0 atom stereocenters. The molecule has 0 bridgehead atoms. The number of benzene rings is 8. The molecule has 0 N–H and O–H groups in total. The molecule has 238 valence electrons. The molecule has 0 unspecified atom stereocenters. The summed E-state index contributed by atoms with van der Waals surface area (Å²) < 4.78 is 6.45. The number of anilines is 3. The van der Waals surface area contributed by atoms with Crippen LogP contribution in [0.4, 0.5) is 17.1 Å². The Morgan fingerprint density at radius 1 is 0.400 bits per heavy atom. The van der Waals surface area contributed by atoms with Gasteiger partial charge in [-0.1, -0.05) is 125 Å². The Morgan fingerprint density at radius 3 is 1.44 bits per heavy atom. The molecule has 50 heavy (non-hydrogen) atoms. The maximum Gasteiger partial charge on any atom is 0.136 e. The first-order valence-electron chi connectivity index (χ1n) is 17.7. The van der Waals surface area contributed by atoms with Crippen LogP contribution in [0.25, 0.3) is 65.7 Å². The van der Waals surface area contributed by atoms with Gasteiger partial charge in [-0.3, -0.25) is 0 Å². The van der Waals surface area contributed by atoms with E-state index in [1.165, 1.54) is 82.5 Å². The van der Waals surface area contributed by atoms with Gasteiger partial charge in [0.15, 0.2) is 0 Å². The van der Waals surface area contributed by atoms with Crippen LogP contribution in [0.2, 0.25) is 0 Å². The van der Waals surface area contributed by atoms with Crippen LogP contribution >= 0.6 is 0 Å². The Labute approximate surface area is 291 Å². The zero-order valence-electron chi connectivity index (χ0n) is 28.6. The van der Waals surface area contributed by atoms with Crippen molar-refractivity contribution in [2.45, 2.75) is 38.5 Å². The molecule has 0 amide bonds. The number of fused-ring (bicyclic) bond motifs is 9. The number of hydrogen-bond donors (Lipinski definition) is 0. The molecule has 0 fully saturated rings. The first-order chi connectivity index (χ1) is 24.3. The van der Waals surface area contributed by atoms with Gasteiger partial charge in [-0.05, 0) is 103 Å². The van der Waals surface area contributed by atoms with Crippen molar-refractivity contribution in [1.82, 2.24) is 0 Å². The van der Waals surface area contributed by atoms with Gasteiger partial charge in [-0.15, -0.1) is 0 Å². The van der Waals surface area contributed by atoms with Crippen LogP contribution in [0.3, 0.4) is 0 Å². The molecule has 0 aliphatic heterocycles. The molecule has 0 saturated heterocycles. The zero-order valence-corrected chi connectivity index (χ0v) is 28.6. The van der Waals surface area contributed by atoms with Crippen molar-refractivity contribution in [3.05, 3.63) is 162 Å². The number of nitrogens with zero attached hydrogens (tertiary/aromatic N) is 1. The molecule has 11 rings (SSSR count). The summed E-state index contributed by atoms with van der Waals surface area (Å²) in [6, 6.07) is 51.9. The van der Waals surface area contributed by atoms with E-state index in [1.807, 2.05) is 0 Å². The Hall–Kier alpha value is -5.86. The van der Waals surface area contributed by atoms with Gasteiger partial charge in [-0.25, -0.2) is 0 Å². The zero-order chi connectivity index (χ0) is 33.5. The summed E-state index contributed by atoms with van der Waals surface area (Å²) in [6.45, 7) is 9.47. The molecule has 1 aromatic heterocycles. The van der Waals surface area contributed by atoms with E-state index in [0.717, 1.165) is 22.5 Å². The van der Waals surface area contributed by atoms with Gasteiger partial charge in [-0.2, -0.15) is 0 Å². The minimum absolute atomic E-state index is 0.113. The van der Waals surface area contributed by atoms with E-state index in [1.54, 1.807) is 0 Å². The molecule has 0 radical (unpaired) electrons. The summed E-state index contributed by atoms with van der Waals surface area (Å²) in [5.74, 6) is 0. The van der Waals surface area contributed by atoms with Gasteiger partial charge in [0.25, 0.3) is 0 Å². The second-order valence-corrected chi connectivity index (χ2v) is 15.3. The van der Waals surface area contributed by atoms with Crippen molar-refractivity contribution in [3.8, 4) is 22.3 Å². The number of hydrogen-bond acceptors (Lipinski definition) is 2. The summed E-state index contributed by atoms with van der Waals surface area (Å²) in [7, 11) is 0. The molecule has 0 spiro atoms. The van der Waals surface area contributed by atoms with Crippen LogP contribution in [0.1, 0.15) is 49.9 Å². The van der Waals surface area contributed by atoms with Crippen molar-refractivity contribution >= 4 is 60.5 Å². The van der Waals surface area contributed by atoms with Gasteiger partial charge in [0.1, 0.15) is 11.2 Å². The minimum Gasteiger partial charge on any atom is -0.456 e. The monoisotopic (exact) mass is 641 g/mol. The Kier molecular flexibility index (Phi) is 5.28. The van der Waals surface area contributed by atoms with Crippen LogP contribution in [0.15, 0.2) is 144 Å². The predicted octanol–water partition coefficient (Wildman–Crippen LogP) is 13.4. The van der Waals surface area contributed by atoms with Crippen LogP contribution in [-0.2, 0) is 10.8 Å². The topological polar surface area (TPSA) is 16.4 Å². The standard InChI is InChI=1S/C48H35NO/c1-47(2)37-17-7-5-12-30(37)32-24-22-28(26-39(32)47)49(29-23-25-33-31-13-6-8-18-38(31)48(3,4)40(33)27-29)41-19-9-14-34-35-15-10-20-42-45(35)46-36(44(34)41)16-11-21-43(46)50-42/h5-27H,1-4H3. The summed E-state index contributed by atoms with van der Waals surface area (Å²) in [4.78, 5) is 2.52. The minimum atomic E-state index is -0.113. The fourth-order valence-corrected chi connectivity index (χ4v) is 9.62. The average molecular weight is 642 g/mol. The summed E-state index contributed by atoms with van der Waals surface area (Å²) in [6.07, 6.45) is 0. The SMILES string of the molecule is CC1(C)c2ccccc2-c2ccc(N(c3ccc4c(c3)C(C)(C)c3ccccc3-4)c3cccc4c5cccc6oc7cccc(c34)c7c65)cc21. The van der Waals surface area contributed by atoms with Crippen molar-refractivity contribution < 1.29 is 4.42 Å². The Bertz CT molecular complexity index is 2780. The van der Waals surface area contributed by atoms with Crippen LogP contribution < -0.4 is 4.90 Å². The highest BCUT2D eigenvalue weighted by Gasteiger charge is 2.38. The molecule has 9 aromatic rings. The fourth-order valence-electron chi connectivity index (χ4n) is 9.62. The molecule has 2 aliphatic carbocycles. The van der Waals surface area contributed by atoms with E-state index in [0.29, 0.717) is 0 Å². The fraction of sp³-hybridized carbons (Fsp3) is 0.125. The van der Waals surface area contributed by atoms with Crippen molar-refractivity contribution in [3.63, 3.8) is 0 Å². The van der Waals surface area contributed by atoms with Gasteiger partial charge in [0, 0.05) is 38.4 Å². The molecule has 0 saturated carbocycles. The van der Waals surface area contributed by atoms with E-state index < -0.39 is 0 Å². The summed E-state index contributed by atoms with van der Waals surface area (Å²) in [5.41, 5.74) is 16.0. The molecular weight excluding hydrogens is 607 g/mol. The second-order valence-electron chi connectivity index (χ2n) is 15.3. The van der Waals surface area contributed by atoms with Crippen molar-refractivity contribution in [1.29, 1.82) is 0 Å². The maximum atomic E-state index is 6.45. The quantitative estimate of drug-likeness (QED) is 0.179. The third kappa shape index (κ3) is 3.43. The number of rotatable bonds is 3. The van der Waals surface area contributed by atoms with Crippen LogP contribution in [-0.4, -0.2) is 0 Å². The first kappa shape index (κ1) is 28.0.